The molecule has 2 aliphatic rings. The van der Waals surface area contributed by atoms with Crippen molar-refractivity contribution in [3.05, 3.63) is 47.5 Å². The van der Waals surface area contributed by atoms with Gasteiger partial charge in [0.1, 0.15) is 0 Å². The van der Waals surface area contributed by atoms with Gasteiger partial charge in [0.05, 0.1) is 14.2 Å². The topological polar surface area (TPSA) is 24.9 Å². The van der Waals surface area contributed by atoms with Gasteiger partial charge in [-0.2, -0.15) is 0 Å². The Hall–Kier alpha value is -2.11. The van der Waals surface area contributed by atoms with E-state index >= 15 is 0 Å². The highest BCUT2D eigenvalue weighted by Gasteiger charge is 2.24. The molecule has 4 nitrogen and oxygen atoms in total. The van der Waals surface area contributed by atoms with Crippen LogP contribution in [-0.4, -0.2) is 57.2 Å². The summed E-state index contributed by atoms with van der Waals surface area (Å²) >= 11 is 1.80. The first kappa shape index (κ1) is 17.3. The second-order valence-corrected chi connectivity index (χ2v) is 7.75. The fourth-order valence-electron chi connectivity index (χ4n) is 3.49. The Bertz CT molecular complexity index is 842. The molecule has 4 rings (SSSR count). The standard InChI is InChI=1S/C21H24N2O2S/c1-22-8-10-23(11-9-22)17-12-15-6-4-5-7-20(15)26-21-14-19(25-3)18(24-2)13-16(17)21/h4-7,12-14H,8-11H2,1-3H3. The van der Waals surface area contributed by atoms with Gasteiger partial charge in [-0.1, -0.05) is 30.0 Å². The van der Waals surface area contributed by atoms with E-state index in [1.807, 2.05) is 0 Å². The molecule has 0 atom stereocenters. The van der Waals surface area contributed by atoms with Crippen LogP contribution in [0.1, 0.15) is 11.1 Å². The molecule has 0 aliphatic carbocycles. The third-order valence-electron chi connectivity index (χ3n) is 5.04. The average molecular weight is 369 g/mol. The number of ether oxygens (including phenoxy) is 2. The quantitative estimate of drug-likeness (QED) is 0.818. The number of piperazine rings is 1. The lowest BCUT2D eigenvalue weighted by Crippen LogP contribution is -2.43. The van der Waals surface area contributed by atoms with Gasteiger partial charge in [-0.05, 0) is 36.9 Å². The van der Waals surface area contributed by atoms with E-state index in [0.717, 1.165) is 37.7 Å². The van der Waals surface area contributed by atoms with Crippen molar-refractivity contribution >= 4 is 23.5 Å². The van der Waals surface area contributed by atoms with Gasteiger partial charge in [0, 0.05) is 47.2 Å². The summed E-state index contributed by atoms with van der Waals surface area (Å²) in [5, 5.41) is 0. The van der Waals surface area contributed by atoms with Gasteiger partial charge in [-0.3, -0.25) is 0 Å². The van der Waals surface area contributed by atoms with Gasteiger partial charge in [0.15, 0.2) is 11.5 Å². The number of nitrogens with zero attached hydrogens (tertiary/aromatic N) is 2. The summed E-state index contributed by atoms with van der Waals surface area (Å²) in [6, 6.07) is 12.8. The highest BCUT2D eigenvalue weighted by atomic mass is 32.2. The molecule has 0 amide bonds. The molecule has 0 N–H and O–H groups in total. The zero-order chi connectivity index (χ0) is 18.1. The van der Waals surface area contributed by atoms with E-state index in [0.29, 0.717) is 0 Å². The van der Waals surface area contributed by atoms with Crippen molar-refractivity contribution in [1.29, 1.82) is 0 Å². The van der Waals surface area contributed by atoms with Gasteiger partial charge in [-0.25, -0.2) is 0 Å². The van der Waals surface area contributed by atoms with Crippen molar-refractivity contribution in [2.45, 2.75) is 9.79 Å². The number of hydrogen-bond donors (Lipinski definition) is 0. The number of likely N-dealkylation sites (N-methyl/N-ethyl adjacent to an activating group) is 1. The van der Waals surface area contributed by atoms with Crippen molar-refractivity contribution in [1.82, 2.24) is 9.80 Å². The lowest BCUT2D eigenvalue weighted by Gasteiger charge is -2.36. The lowest BCUT2D eigenvalue weighted by molar-refractivity contribution is 0.207. The molecule has 2 aromatic carbocycles. The predicted molar refractivity (Wildman–Crippen MR) is 107 cm³/mol. The molecule has 0 aromatic heterocycles. The van der Waals surface area contributed by atoms with Crippen molar-refractivity contribution in [2.24, 2.45) is 0 Å². The largest absolute Gasteiger partial charge is 0.493 e. The van der Waals surface area contributed by atoms with Crippen LogP contribution in [0, 0.1) is 0 Å². The van der Waals surface area contributed by atoms with Crippen LogP contribution >= 0.6 is 11.8 Å². The predicted octanol–water partition coefficient (Wildman–Crippen LogP) is 3.91. The Morgan fingerprint density at radius 2 is 1.58 bits per heavy atom. The fourth-order valence-corrected chi connectivity index (χ4v) is 4.56. The van der Waals surface area contributed by atoms with Gasteiger partial charge < -0.3 is 19.3 Å². The molecule has 0 spiro atoms. The van der Waals surface area contributed by atoms with Crippen molar-refractivity contribution < 1.29 is 9.47 Å². The first-order valence-electron chi connectivity index (χ1n) is 8.88. The highest BCUT2D eigenvalue weighted by molar-refractivity contribution is 7.99. The maximum Gasteiger partial charge on any atom is 0.161 e. The average Bonchev–Trinajstić information content (AvgIpc) is 2.83. The van der Waals surface area contributed by atoms with Crippen molar-refractivity contribution in [2.75, 3.05) is 47.4 Å². The third-order valence-corrected chi connectivity index (χ3v) is 6.19. The molecule has 26 heavy (non-hydrogen) atoms. The molecule has 0 saturated carbocycles. The summed E-state index contributed by atoms with van der Waals surface area (Å²) in [4.78, 5) is 7.35. The normalized spacial score (nSPS) is 17.0. The first-order valence-corrected chi connectivity index (χ1v) is 9.69. The molecule has 2 aromatic rings. The van der Waals surface area contributed by atoms with Gasteiger partial charge in [0.25, 0.3) is 0 Å². The van der Waals surface area contributed by atoms with Crippen LogP contribution in [0.3, 0.4) is 0 Å². The fraction of sp³-hybridized carbons (Fsp3) is 0.333. The van der Waals surface area contributed by atoms with Crippen LogP contribution < -0.4 is 9.47 Å². The van der Waals surface area contributed by atoms with E-state index in [-0.39, 0.29) is 0 Å². The zero-order valence-corrected chi connectivity index (χ0v) is 16.3. The van der Waals surface area contributed by atoms with E-state index in [4.69, 9.17) is 9.47 Å². The van der Waals surface area contributed by atoms with Crippen LogP contribution in [0.2, 0.25) is 0 Å². The summed E-state index contributed by atoms with van der Waals surface area (Å²) in [6.07, 6.45) is 2.32. The SMILES string of the molecule is COc1cc2c(cc1OC)C(N1CCN(C)CC1)=Cc1ccccc1S2. The minimum atomic E-state index is 0.774. The Kier molecular flexibility index (Phi) is 4.83. The Morgan fingerprint density at radius 1 is 0.885 bits per heavy atom. The number of benzene rings is 2. The first-order chi connectivity index (χ1) is 12.7. The third kappa shape index (κ3) is 3.17. The van der Waals surface area contributed by atoms with Gasteiger partial charge in [0.2, 0.25) is 0 Å². The molecule has 0 bridgehead atoms. The van der Waals surface area contributed by atoms with E-state index in [1.54, 1.807) is 26.0 Å². The zero-order valence-electron chi connectivity index (χ0n) is 15.5. The monoisotopic (exact) mass is 368 g/mol. The molecule has 0 radical (unpaired) electrons. The molecular formula is C21H24N2O2S. The van der Waals surface area contributed by atoms with Crippen molar-refractivity contribution in [3.8, 4) is 11.5 Å². The van der Waals surface area contributed by atoms with Crippen LogP contribution in [0.4, 0.5) is 0 Å². The molecule has 2 aliphatic heterocycles. The van der Waals surface area contributed by atoms with E-state index < -0.39 is 0 Å². The highest BCUT2D eigenvalue weighted by Crippen LogP contribution is 2.45. The summed E-state index contributed by atoms with van der Waals surface area (Å²) in [7, 11) is 5.57. The maximum absolute atomic E-state index is 5.58. The summed E-state index contributed by atoms with van der Waals surface area (Å²) in [6.45, 7) is 4.22. The van der Waals surface area contributed by atoms with Crippen LogP contribution in [0.5, 0.6) is 11.5 Å². The second kappa shape index (κ2) is 7.25. The summed E-state index contributed by atoms with van der Waals surface area (Å²) < 4.78 is 11.1. The molecule has 0 unspecified atom stereocenters. The molecule has 136 valence electrons. The number of rotatable bonds is 3. The van der Waals surface area contributed by atoms with Crippen LogP contribution in [0.15, 0.2) is 46.2 Å². The Balaban J connectivity index is 1.86. The molecule has 5 heteroatoms. The number of fused-ring (bicyclic) bond motifs is 2. The second-order valence-electron chi connectivity index (χ2n) is 6.66. The number of methoxy groups -OCH3 is 2. The summed E-state index contributed by atoms with van der Waals surface area (Å²) in [5.41, 5.74) is 3.75. The molecule has 1 fully saturated rings. The van der Waals surface area contributed by atoms with Crippen LogP contribution in [-0.2, 0) is 0 Å². The smallest absolute Gasteiger partial charge is 0.161 e. The molecular weight excluding hydrogens is 344 g/mol. The minimum Gasteiger partial charge on any atom is -0.493 e. The molecule has 1 saturated heterocycles. The molecule has 2 heterocycles. The van der Waals surface area contributed by atoms with Crippen LogP contribution in [0.25, 0.3) is 11.8 Å². The lowest BCUT2D eigenvalue weighted by atomic mass is 10.1. The van der Waals surface area contributed by atoms with E-state index in [9.17, 15) is 0 Å². The number of hydrogen-bond acceptors (Lipinski definition) is 5. The van der Waals surface area contributed by atoms with E-state index in [2.05, 4.69) is 59.3 Å². The summed E-state index contributed by atoms with van der Waals surface area (Å²) in [5.74, 6) is 1.55. The van der Waals surface area contributed by atoms with Crippen molar-refractivity contribution in [3.63, 3.8) is 0 Å². The Labute approximate surface area is 159 Å². The van der Waals surface area contributed by atoms with Gasteiger partial charge >= 0.3 is 0 Å². The Morgan fingerprint density at radius 3 is 2.31 bits per heavy atom. The van der Waals surface area contributed by atoms with Gasteiger partial charge in [-0.15, -0.1) is 0 Å². The minimum absolute atomic E-state index is 0.774. The maximum atomic E-state index is 5.58. The van der Waals surface area contributed by atoms with E-state index in [1.165, 1.54) is 26.6 Å².